The molecule has 4 rings (SSSR count). The number of ether oxygens (including phenoxy) is 1. The number of nitrogens with zero attached hydrogens (tertiary/aromatic N) is 3. The molecule has 30 heavy (non-hydrogen) atoms. The molecule has 0 radical (unpaired) electrons. The molecule has 1 N–H and O–H groups in total. The number of allylic oxidation sites excluding steroid dienone is 1. The normalized spacial score (nSPS) is 11.4. The lowest BCUT2D eigenvalue weighted by Gasteiger charge is -2.07. The Morgan fingerprint density at radius 2 is 2.13 bits per heavy atom. The van der Waals surface area contributed by atoms with Crippen LogP contribution in [0.3, 0.4) is 0 Å². The van der Waals surface area contributed by atoms with E-state index in [4.69, 9.17) is 20.8 Å². The first-order valence-corrected chi connectivity index (χ1v) is 9.07. The van der Waals surface area contributed by atoms with Crippen molar-refractivity contribution in [3.05, 3.63) is 75.3 Å². The Morgan fingerprint density at radius 1 is 1.33 bits per heavy atom. The second-order valence-electron chi connectivity index (χ2n) is 6.24. The molecule has 8 nitrogen and oxygen atoms in total. The van der Waals surface area contributed by atoms with Crippen LogP contribution in [0.15, 0.2) is 52.9 Å². The summed E-state index contributed by atoms with van der Waals surface area (Å²) >= 11 is 6.03. The molecule has 0 bridgehead atoms. The molecule has 0 saturated carbocycles. The van der Waals surface area contributed by atoms with Crippen molar-refractivity contribution < 1.29 is 14.1 Å². The molecule has 9 heteroatoms. The van der Waals surface area contributed by atoms with Gasteiger partial charge in [0.1, 0.15) is 34.2 Å². The molecule has 2 aromatic carbocycles. The van der Waals surface area contributed by atoms with Gasteiger partial charge < -0.3 is 14.1 Å². The van der Waals surface area contributed by atoms with E-state index in [-0.39, 0.29) is 16.5 Å². The molecule has 0 spiro atoms. The first-order valence-electron chi connectivity index (χ1n) is 8.69. The molecule has 0 aliphatic carbocycles. The number of H-pyrrole nitrogens is 1. The fourth-order valence-corrected chi connectivity index (χ4v) is 3.23. The van der Waals surface area contributed by atoms with Gasteiger partial charge in [0.2, 0.25) is 0 Å². The van der Waals surface area contributed by atoms with Gasteiger partial charge in [0.05, 0.1) is 40.3 Å². The Bertz CT molecular complexity index is 1310. The number of rotatable bonds is 5. The zero-order valence-corrected chi connectivity index (χ0v) is 16.3. The van der Waals surface area contributed by atoms with E-state index in [2.05, 4.69) is 16.0 Å². The second kappa shape index (κ2) is 7.73. The predicted octanol–water partition coefficient (Wildman–Crippen LogP) is 5.46. The number of methoxy groups -OCH3 is 1. The smallest absolute Gasteiger partial charge is 0.291 e. The van der Waals surface area contributed by atoms with Gasteiger partial charge in [-0.25, -0.2) is 4.98 Å². The summed E-state index contributed by atoms with van der Waals surface area (Å²) in [6.07, 6.45) is 1.56. The average molecular weight is 421 g/mol. The van der Waals surface area contributed by atoms with Crippen LogP contribution in [0, 0.1) is 21.4 Å². The standard InChI is InChI=1S/C21H13ClN4O4/c1-29-20-10-18(26(27)28)15(22)9-14(20)19-7-6-13(30-19)8-12(11-23)21-24-16-4-2-3-5-17(16)25-21/h2-10H,1H3,(H,24,25). The van der Waals surface area contributed by atoms with Gasteiger partial charge in [0.25, 0.3) is 5.69 Å². The fourth-order valence-electron chi connectivity index (χ4n) is 3.00. The minimum atomic E-state index is -0.586. The number of nitro benzene ring substituents is 1. The van der Waals surface area contributed by atoms with Crippen molar-refractivity contribution >= 4 is 40.0 Å². The summed E-state index contributed by atoms with van der Waals surface area (Å²) in [5, 5.41) is 20.6. The number of hydrogen-bond donors (Lipinski definition) is 1. The van der Waals surface area contributed by atoms with Crippen LogP contribution in [0.5, 0.6) is 5.75 Å². The van der Waals surface area contributed by atoms with E-state index in [1.165, 1.54) is 19.2 Å². The van der Waals surface area contributed by atoms with Crippen molar-refractivity contribution in [2.24, 2.45) is 0 Å². The van der Waals surface area contributed by atoms with E-state index in [0.717, 1.165) is 11.0 Å². The first kappa shape index (κ1) is 19.2. The highest BCUT2D eigenvalue weighted by molar-refractivity contribution is 6.33. The summed E-state index contributed by atoms with van der Waals surface area (Å²) in [4.78, 5) is 18.0. The van der Waals surface area contributed by atoms with Crippen LogP contribution >= 0.6 is 11.6 Å². The topological polar surface area (TPSA) is 118 Å². The van der Waals surface area contributed by atoms with Crippen LogP contribution in [0.1, 0.15) is 11.6 Å². The highest BCUT2D eigenvalue weighted by Gasteiger charge is 2.20. The van der Waals surface area contributed by atoms with Gasteiger partial charge in [-0.3, -0.25) is 10.1 Å². The zero-order valence-electron chi connectivity index (χ0n) is 15.5. The first-order chi connectivity index (χ1) is 14.5. The van der Waals surface area contributed by atoms with Crippen LogP contribution in [0.2, 0.25) is 5.02 Å². The lowest BCUT2D eigenvalue weighted by molar-refractivity contribution is -0.384. The molecule has 0 saturated heterocycles. The van der Waals surface area contributed by atoms with Crippen molar-refractivity contribution in [3.8, 4) is 23.1 Å². The number of fused-ring (bicyclic) bond motifs is 1. The van der Waals surface area contributed by atoms with Gasteiger partial charge in [0, 0.05) is 6.08 Å². The van der Waals surface area contributed by atoms with Gasteiger partial charge in [-0.15, -0.1) is 0 Å². The Morgan fingerprint density at radius 3 is 2.83 bits per heavy atom. The van der Waals surface area contributed by atoms with Crippen LogP contribution in [-0.4, -0.2) is 22.0 Å². The molecule has 4 aromatic rings. The van der Waals surface area contributed by atoms with E-state index >= 15 is 0 Å². The molecule has 0 aliphatic rings. The Labute approximate surface area is 175 Å². The number of imidazole rings is 1. The fraction of sp³-hybridized carbons (Fsp3) is 0.0476. The zero-order chi connectivity index (χ0) is 21.3. The number of nitriles is 1. The third-order valence-corrected chi connectivity index (χ3v) is 4.71. The minimum absolute atomic E-state index is 0.0377. The molecule has 0 fully saturated rings. The maximum atomic E-state index is 11.1. The lowest BCUT2D eigenvalue weighted by atomic mass is 10.1. The van der Waals surface area contributed by atoms with E-state index in [1.807, 2.05) is 24.3 Å². The molecule has 148 valence electrons. The van der Waals surface area contributed by atoms with Crippen LogP contribution in [0.4, 0.5) is 5.69 Å². The van der Waals surface area contributed by atoms with Crippen molar-refractivity contribution in [2.45, 2.75) is 0 Å². The van der Waals surface area contributed by atoms with Crippen LogP contribution in [-0.2, 0) is 0 Å². The highest BCUT2D eigenvalue weighted by atomic mass is 35.5. The monoisotopic (exact) mass is 420 g/mol. The number of hydrogen-bond acceptors (Lipinski definition) is 6. The number of aromatic nitrogens is 2. The lowest BCUT2D eigenvalue weighted by Crippen LogP contribution is -1.93. The molecule has 0 amide bonds. The number of aromatic amines is 1. The van der Waals surface area contributed by atoms with Crippen molar-refractivity contribution in [3.63, 3.8) is 0 Å². The van der Waals surface area contributed by atoms with E-state index < -0.39 is 4.92 Å². The number of halogens is 1. The number of para-hydroxylation sites is 2. The third kappa shape index (κ3) is 3.50. The second-order valence-corrected chi connectivity index (χ2v) is 6.64. The highest BCUT2D eigenvalue weighted by Crippen LogP contribution is 2.39. The minimum Gasteiger partial charge on any atom is -0.496 e. The Hall–Kier alpha value is -4.09. The van der Waals surface area contributed by atoms with Gasteiger partial charge in [-0.2, -0.15) is 5.26 Å². The SMILES string of the molecule is COc1cc([N+](=O)[O-])c(Cl)cc1-c1ccc(C=C(C#N)c2nc3ccccc3[nH]2)o1. The summed E-state index contributed by atoms with van der Waals surface area (Å²) in [5.74, 6) is 1.46. The average Bonchev–Trinajstić information content (AvgIpc) is 3.38. The van der Waals surface area contributed by atoms with Crippen molar-refractivity contribution in [1.82, 2.24) is 9.97 Å². The molecule has 0 atom stereocenters. The van der Waals surface area contributed by atoms with E-state index in [1.54, 1.807) is 18.2 Å². The maximum absolute atomic E-state index is 11.1. The van der Waals surface area contributed by atoms with Crippen LogP contribution in [0.25, 0.3) is 34.0 Å². The molecule has 0 aliphatic heterocycles. The summed E-state index contributed by atoms with van der Waals surface area (Å²) in [6.45, 7) is 0. The molecule has 2 aromatic heterocycles. The molecule has 2 heterocycles. The van der Waals surface area contributed by atoms with Crippen molar-refractivity contribution in [1.29, 1.82) is 5.26 Å². The van der Waals surface area contributed by atoms with E-state index in [0.29, 0.717) is 28.5 Å². The van der Waals surface area contributed by atoms with Crippen molar-refractivity contribution in [2.75, 3.05) is 7.11 Å². The number of nitro groups is 1. The summed E-state index contributed by atoms with van der Waals surface area (Å²) in [5.41, 5.74) is 2.05. The molecular weight excluding hydrogens is 408 g/mol. The van der Waals surface area contributed by atoms with Crippen LogP contribution < -0.4 is 4.74 Å². The largest absolute Gasteiger partial charge is 0.496 e. The molecular formula is C21H13ClN4O4. The number of furan rings is 1. The Balaban J connectivity index is 1.72. The number of nitrogens with one attached hydrogen (secondary N) is 1. The van der Waals surface area contributed by atoms with Gasteiger partial charge in [0.15, 0.2) is 0 Å². The van der Waals surface area contributed by atoms with E-state index in [9.17, 15) is 15.4 Å². The van der Waals surface area contributed by atoms with Gasteiger partial charge >= 0.3 is 0 Å². The molecule has 0 unspecified atom stereocenters. The van der Waals surface area contributed by atoms with Gasteiger partial charge in [-0.05, 0) is 30.3 Å². The quantitative estimate of drug-likeness (QED) is 0.260. The predicted molar refractivity (Wildman–Crippen MR) is 112 cm³/mol. The summed E-state index contributed by atoms with van der Waals surface area (Å²) in [7, 11) is 1.40. The number of benzene rings is 2. The third-order valence-electron chi connectivity index (χ3n) is 4.41. The summed E-state index contributed by atoms with van der Waals surface area (Å²) < 4.78 is 11.1. The summed E-state index contributed by atoms with van der Waals surface area (Å²) in [6, 6.07) is 15.6. The van der Waals surface area contributed by atoms with Gasteiger partial charge in [-0.1, -0.05) is 23.7 Å². The maximum Gasteiger partial charge on any atom is 0.291 e. The Kier molecular flexibility index (Phi) is 4.96.